The van der Waals surface area contributed by atoms with Crippen LogP contribution in [0.3, 0.4) is 0 Å². The molecule has 3 nitrogen and oxygen atoms in total. The fourth-order valence-electron chi connectivity index (χ4n) is 1.61. The molecule has 0 saturated carbocycles. The van der Waals surface area contributed by atoms with Crippen LogP contribution in [0.25, 0.3) is 11.0 Å². The lowest BCUT2D eigenvalue weighted by Gasteiger charge is -1.98. The first-order valence-corrected chi connectivity index (χ1v) is 4.46. The van der Waals surface area contributed by atoms with Gasteiger partial charge in [0.05, 0.1) is 0 Å². The molecular weight excluding hydrogens is 180 g/mol. The van der Waals surface area contributed by atoms with E-state index >= 15 is 0 Å². The summed E-state index contributed by atoms with van der Waals surface area (Å²) in [6.07, 6.45) is 2.10. The van der Waals surface area contributed by atoms with Crippen LogP contribution in [-0.4, -0.2) is 11.1 Å². The molecule has 0 aliphatic carbocycles. The highest BCUT2D eigenvalue weighted by atomic mass is 16.4. The summed E-state index contributed by atoms with van der Waals surface area (Å²) in [6, 6.07) is 5.57. The van der Waals surface area contributed by atoms with Gasteiger partial charge in [-0.05, 0) is 18.1 Å². The van der Waals surface area contributed by atoms with Gasteiger partial charge in [0.15, 0.2) is 0 Å². The molecule has 2 aromatic rings. The molecule has 72 valence electrons. The number of aryl methyl sites for hydroxylation is 1. The Hall–Kier alpha value is -1.77. The molecule has 0 amide bonds. The molecule has 0 saturated heterocycles. The first-order valence-electron chi connectivity index (χ1n) is 4.46. The molecule has 0 aliphatic heterocycles. The molecule has 0 fully saturated rings. The summed E-state index contributed by atoms with van der Waals surface area (Å²) < 4.78 is 5.17. The average molecular weight is 190 g/mol. The van der Waals surface area contributed by atoms with Crippen molar-refractivity contribution in [2.24, 2.45) is 0 Å². The Balaban J connectivity index is 2.81. The SMILES string of the molecule is CCc1cccc2occ(C(=O)O)c12. The lowest BCUT2D eigenvalue weighted by atomic mass is 10.0. The van der Waals surface area contributed by atoms with Crippen LogP contribution in [0, 0.1) is 0 Å². The molecule has 3 heteroatoms. The third-order valence-corrected chi connectivity index (χ3v) is 2.30. The topological polar surface area (TPSA) is 50.4 Å². The van der Waals surface area contributed by atoms with Gasteiger partial charge in [-0.1, -0.05) is 19.1 Å². The van der Waals surface area contributed by atoms with Crippen molar-refractivity contribution in [3.63, 3.8) is 0 Å². The molecule has 0 bridgehead atoms. The van der Waals surface area contributed by atoms with Gasteiger partial charge in [0.25, 0.3) is 0 Å². The minimum Gasteiger partial charge on any atom is -0.478 e. The minimum absolute atomic E-state index is 0.248. The monoisotopic (exact) mass is 190 g/mol. The number of benzene rings is 1. The van der Waals surface area contributed by atoms with Crippen LogP contribution in [0.5, 0.6) is 0 Å². The Kier molecular flexibility index (Phi) is 2.00. The number of fused-ring (bicyclic) bond motifs is 1. The van der Waals surface area contributed by atoms with E-state index in [-0.39, 0.29) is 5.56 Å². The van der Waals surface area contributed by atoms with Crippen LogP contribution in [0.15, 0.2) is 28.9 Å². The van der Waals surface area contributed by atoms with Crippen molar-refractivity contribution in [3.8, 4) is 0 Å². The largest absolute Gasteiger partial charge is 0.478 e. The van der Waals surface area contributed by atoms with Gasteiger partial charge in [-0.2, -0.15) is 0 Å². The van der Waals surface area contributed by atoms with E-state index in [1.807, 2.05) is 19.1 Å². The van der Waals surface area contributed by atoms with E-state index < -0.39 is 5.97 Å². The van der Waals surface area contributed by atoms with Crippen LogP contribution in [0.2, 0.25) is 0 Å². The second kappa shape index (κ2) is 3.18. The zero-order valence-corrected chi connectivity index (χ0v) is 7.78. The Morgan fingerprint density at radius 3 is 2.93 bits per heavy atom. The molecule has 0 atom stereocenters. The van der Waals surface area contributed by atoms with Crippen LogP contribution >= 0.6 is 0 Å². The van der Waals surface area contributed by atoms with Crippen molar-refractivity contribution in [1.29, 1.82) is 0 Å². The van der Waals surface area contributed by atoms with Gasteiger partial charge in [-0.25, -0.2) is 4.79 Å². The molecule has 2 rings (SSSR count). The zero-order valence-electron chi connectivity index (χ0n) is 7.78. The van der Waals surface area contributed by atoms with Crippen molar-refractivity contribution in [2.75, 3.05) is 0 Å². The summed E-state index contributed by atoms with van der Waals surface area (Å²) >= 11 is 0. The maximum absolute atomic E-state index is 10.9. The molecule has 1 heterocycles. The normalized spacial score (nSPS) is 10.6. The number of hydrogen-bond donors (Lipinski definition) is 1. The molecule has 0 spiro atoms. The van der Waals surface area contributed by atoms with Gasteiger partial charge in [-0.3, -0.25) is 0 Å². The van der Waals surface area contributed by atoms with Crippen LogP contribution < -0.4 is 0 Å². The fourth-order valence-corrected chi connectivity index (χ4v) is 1.61. The second-order valence-corrected chi connectivity index (χ2v) is 3.10. The fraction of sp³-hybridized carbons (Fsp3) is 0.182. The average Bonchev–Trinajstić information content (AvgIpc) is 2.60. The number of hydrogen-bond acceptors (Lipinski definition) is 2. The van der Waals surface area contributed by atoms with Gasteiger partial charge >= 0.3 is 5.97 Å². The first kappa shape index (κ1) is 8.81. The third kappa shape index (κ3) is 1.18. The highest BCUT2D eigenvalue weighted by Gasteiger charge is 2.14. The van der Waals surface area contributed by atoms with Crippen molar-refractivity contribution in [3.05, 3.63) is 35.6 Å². The predicted octanol–water partition coefficient (Wildman–Crippen LogP) is 2.69. The van der Waals surface area contributed by atoms with Gasteiger partial charge in [0.1, 0.15) is 17.4 Å². The Labute approximate surface area is 81.0 Å². The lowest BCUT2D eigenvalue weighted by molar-refractivity contribution is 0.0698. The van der Waals surface area contributed by atoms with Gasteiger partial charge in [-0.15, -0.1) is 0 Å². The second-order valence-electron chi connectivity index (χ2n) is 3.10. The zero-order chi connectivity index (χ0) is 10.1. The van der Waals surface area contributed by atoms with Gasteiger partial charge < -0.3 is 9.52 Å². The van der Waals surface area contributed by atoms with E-state index in [0.717, 1.165) is 17.4 Å². The molecule has 14 heavy (non-hydrogen) atoms. The standard InChI is InChI=1S/C11H10O3/c1-2-7-4-3-5-9-10(7)8(6-14-9)11(12)13/h3-6H,2H2,1H3,(H,12,13). The van der Waals surface area contributed by atoms with Crippen LogP contribution in [-0.2, 0) is 6.42 Å². The number of aromatic carboxylic acids is 1. The number of carboxylic acids is 1. The van der Waals surface area contributed by atoms with E-state index in [2.05, 4.69) is 0 Å². The van der Waals surface area contributed by atoms with E-state index in [1.165, 1.54) is 6.26 Å². The highest BCUT2D eigenvalue weighted by molar-refractivity contribution is 6.03. The van der Waals surface area contributed by atoms with Gasteiger partial charge in [0.2, 0.25) is 0 Å². The Morgan fingerprint density at radius 2 is 2.29 bits per heavy atom. The minimum atomic E-state index is -0.940. The Morgan fingerprint density at radius 1 is 1.50 bits per heavy atom. The number of furan rings is 1. The van der Waals surface area contributed by atoms with Crippen molar-refractivity contribution < 1.29 is 14.3 Å². The summed E-state index contributed by atoms with van der Waals surface area (Å²) in [6.45, 7) is 1.99. The van der Waals surface area contributed by atoms with E-state index in [4.69, 9.17) is 9.52 Å². The first-order chi connectivity index (χ1) is 6.74. The summed E-state index contributed by atoms with van der Waals surface area (Å²) in [5, 5.41) is 9.66. The third-order valence-electron chi connectivity index (χ3n) is 2.30. The molecule has 1 aromatic heterocycles. The van der Waals surface area contributed by atoms with Crippen molar-refractivity contribution >= 4 is 16.9 Å². The number of rotatable bonds is 2. The summed E-state index contributed by atoms with van der Waals surface area (Å²) in [5.41, 5.74) is 1.90. The molecule has 0 unspecified atom stereocenters. The molecule has 1 aromatic carbocycles. The Bertz CT molecular complexity index is 482. The van der Waals surface area contributed by atoms with Crippen molar-refractivity contribution in [2.45, 2.75) is 13.3 Å². The highest BCUT2D eigenvalue weighted by Crippen LogP contribution is 2.25. The van der Waals surface area contributed by atoms with Crippen LogP contribution in [0.4, 0.5) is 0 Å². The summed E-state index contributed by atoms with van der Waals surface area (Å²) in [7, 11) is 0. The lowest BCUT2D eigenvalue weighted by Crippen LogP contribution is -1.95. The van der Waals surface area contributed by atoms with E-state index in [0.29, 0.717) is 5.58 Å². The van der Waals surface area contributed by atoms with Crippen molar-refractivity contribution in [1.82, 2.24) is 0 Å². The van der Waals surface area contributed by atoms with E-state index in [1.54, 1.807) is 6.07 Å². The summed E-state index contributed by atoms with van der Waals surface area (Å²) in [5.74, 6) is -0.940. The predicted molar refractivity (Wildman–Crippen MR) is 52.6 cm³/mol. The number of carbonyl (C=O) groups is 1. The maximum Gasteiger partial charge on any atom is 0.339 e. The van der Waals surface area contributed by atoms with Crippen LogP contribution in [0.1, 0.15) is 22.8 Å². The number of carboxylic acid groups (broad SMARTS) is 1. The summed E-state index contributed by atoms with van der Waals surface area (Å²) in [4.78, 5) is 10.9. The smallest absolute Gasteiger partial charge is 0.339 e. The quantitative estimate of drug-likeness (QED) is 0.792. The maximum atomic E-state index is 10.9. The van der Waals surface area contributed by atoms with Gasteiger partial charge in [0, 0.05) is 5.39 Å². The molecular formula is C11H10O3. The van der Waals surface area contributed by atoms with E-state index in [9.17, 15) is 4.79 Å². The molecule has 0 aliphatic rings. The molecule has 0 radical (unpaired) electrons. The molecule has 1 N–H and O–H groups in total.